The van der Waals surface area contributed by atoms with E-state index >= 15 is 0 Å². The van der Waals surface area contributed by atoms with Gasteiger partial charge in [0.05, 0.1) is 0 Å². The Morgan fingerprint density at radius 1 is 0.769 bits per heavy atom. The van der Waals surface area contributed by atoms with Crippen LogP contribution in [0.25, 0.3) is 0 Å². The minimum atomic E-state index is -0.562. The van der Waals surface area contributed by atoms with Crippen LogP contribution in [-0.2, 0) is 14.3 Å². The van der Waals surface area contributed by atoms with E-state index in [-0.39, 0.29) is 0 Å². The van der Waals surface area contributed by atoms with E-state index in [1.54, 1.807) is 0 Å². The molecular formula is C10H18O3. The normalized spacial score (nSPS) is 15.2. The number of carbonyl (C=O) groups excluding carboxylic acids is 2. The van der Waals surface area contributed by atoms with E-state index in [1.807, 2.05) is 0 Å². The van der Waals surface area contributed by atoms with Gasteiger partial charge in [0, 0.05) is 13.8 Å². The molecule has 1 rings (SSSR count). The fourth-order valence-corrected chi connectivity index (χ4v) is 1.26. The molecule has 0 aromatic carbocycles. The molecule has 1 fully saturated rings. The van der Waals surface area contributed by atoms with Crippen LogP contribution in [0, 0.1) is 0 Å². The number of carbonyl (C=O) groups is 2. The third-order valence-electron chi connectivity index (χ3n) is 1.79. The molecule has 0 unspecified atom stereocenters. The molecule has 1 aliphatic carbocycles. The SMILES string of the molecule is C1CCCCC1.CC(=O)OC(C)=O. The molecule has 0 atom stereocenters. The van der Waals surface area contributed by atoms with E-state index in [1.165, 1.54) is 52.4 Å². The first-order chi connectivity index (χ1) is 6.13. The predicted octanol–water partition coefficient (Wildman–Crippen LogP) is 2.44. The Hall–Kier alpha value is -0.860. The Kier molecular flexibility index (Phi) is 7.26. The van der Waals surface area contributed by atoms with Crippen LogP contribution < -0.4 is 0 Å². The molecule has 3 heteroatoms. The second kappa shape index (κ2) is 7.77. The van der Waals surface area contributed by atoms with Gasteiger partial charge >= 0.3 is 11.9 Å². The number of rotatable bonds is 0. The quantitative estimate of drug-likeness (QED) is 0.431. The van der Waals surface area contributed by atoms with Crippen molar-refractivity contribution in [2.24, 2.45) is 0 Å². The lowest BCUT2D eigenvalue weighted by Gasteiger charge is -2.05. The van der Waals surface area contributed by atoms with Crippen molar-refractivity contribution in [1.29, 1.82) is 0 Å². The van der Waals surface area contributed by atoms with Crippen molar-refractivity contribution in [3.05, 3.63) is 0 Å². The maximum atomic E-state index is 9.81. The zero-order valence-electron chi connectivity index (χ0n) is 8.47. The molecule has 0 heterocycles. The molecule has 0 bridgehead atoms. The van der Waals surface area contributed by atoms with Crippen LogP contribution in [0.1, 0.15) is 52.4 Å². The molecule has 0 saturated heterocycles. The highest BCUT2D eigenvalue weighted by atomic mass is 16.6. The van der Waals surface area contributed by atoms with Crippen molar-refractivity contribution >= 4 is 11.9 Å². The summed E-state index contributed by atoms with van der Waals surface area (Å²) in [6, 6.07) is 0. The van der Waals surface area contributed by atoms with Gasteiger partial charge in [-0.25, -0.2) is 0 Å². The standard InChI is InChI=1S/C6H12.C4H6O3/c1-2-4-6-5-3-1;1-3(5)7-4(2)6/h1-6H2;1-2H3. The van der Waals surface area contributed by atoms with Gasteiger partial charge in [-0.3, -0.25) is 9.59 Å². The van der Waals surface area contributed by atoms with Crippen molar-refractivity contribution in [3.8, 4) is 0 Å². The second-order valence-corrected chi connectivity index (χ2v) is 3.21. The molecule has 0 radical (unpaired) electrons. The van der Waals surface area contributed by atoms with Crippen LogP contribution in [0.15, 0.2) is 0 Å². The monoisotopic (exact) mass is 186 g/mol. The van der Waals surface area contributed by atoms with Crippen LogP contribution in [0.3, 0.4) is 0 Å². The molecule has 3 nitrogen and oxygen atoms in total. The Morgan fingerprint density at radius 3 is 1.08 bits per heavy atom. The van der Waals surface area contributed by atoms with E-state index in [0.717, 1.165) is 0 Å². The predicted molar refractivity (Wildman–Crippen MR) is 50.1 cm³/mol. The van der Waals surface area contributed by atoms with Gasteiger partial charge in [-0.2, -0.15) is 0 Å². The summed E-state index contributed by atoms with van der Waals surface area (Å²) in [7, 11) is 0. The zero-order valence-corrected chi connectivity index (χ0v) is 8.47. The molecule has 76 valence electrons. The summed E-state index contributed by atoms with van der Waals surface area (Å²) in [5.41, 5.74) is 0. The number of hydrogen-bond donors (Lipinski definition) is 0. The number of ether oxygens (including phenoxy) is 1. The lowest BCUT2D eigenvalue weighted by molar-refractivity contribution is -0.156. The zero-order chi connectivity index (χ0) is 10.1. The van der Waals surface area contributed by atoms with Gasteiger partial charge in [0.1, 0.15) is 0 Å². The van der Waals surface area contributed by atoms with Crippen molar-refractivity contribution < 1.29 is 14.3 Å². The van der Waals surface area contributed by atoms with Gasteiger partial charge in [-0.1, -0.05) is 38.5 Å². The first-order valence-electron chi connectivity index (χ1n) is 4.82. The van der Waals surface area contributed by atoms with Gasteiger partial charge in [-0.15, -0.1) is 0 Å². The molecule has 0 aliphatic heterocycles. The van der Waals surface area contributed by atoms with Gasteiger partial charge in [0.25, 0.3) is 0 Å². The molecule has 0 amide bonds. The molecule has 0 aromatic rings. The van der Waals surface area contributed by atoms with E-state index in [4.69, 9.17) is 0 Å². The topological polar surface area (TPSA) is 43.4 Å². The Bertz CT molecular complexity index is 136. The first kappa shape index (κ1) is 12.1. The molecule has 0 aromatic heterocycles. The summed E-state index contributed by atoms with van der Waals surface area (Å²) < 4.78 is 3.97. The lowest BCUT2D eigenvalue weighted by atomic mass is 10.0. The van der Waals surface area contributed by atoms with E-state index in [2.05, 4.69) is 4.74 Å². The Labute approximate surface area is 79.5 Å². The third-order valence-corrected chi connectivity index (χ3v) is 1.79. The summed E-state index contributed by atoms with van der Waals surface area (Å²) in [6.07, 6.45) is 9.00. The maximum Gasteiger partial charge on any atom is 0.310 e. The molecule has 0 N–H and O–H groups in total. The van der Waals surface area contributed by atoms with E-state index < -0.39 is 11.9 Å². The smallest absolute Gasteiger partial charge is 0.310 e. The molecule has 0 spiro atoms. The highest BCUT2D eigenvalue weighted by molar-refractivity contribution is 5.82. The van der Waals surface area contributed by atoms with E-state index in [9.17, 15) is 9.59 Å². The number of hydrogen-bond acceptors (Lipinski definition) is 3. The number of esters is 2. The van der Waals surface area contributed by atoms with Gasteiger partial charge in [-0.05, 0) is 0 Å². The maximum absolute atomic E-state index is 9.81. The summed E-state index contributed by atoms with van der Waals surface area (Å²) in [4.78, 5) is 19.6. The minimum Gasteiger partial charge on any atom is -0.394 e. The summed E-state index contributed by atoms with van der Waals surface area (Å²) in [6.45, 7) is 2.36. The fourth-order valence-electron chi connectivity index (χ4n) is 1.26. The summed E-state index contributed by atoms with van der Waals surface area (Å²) >= 11 is 0. The molecule has 1 aliphatic rings. The second-order valence-electron chi connectivity index (χ2n) is 3.21. The van der Waals surface area contributed by atoms with Crippen molar-refractivity contribution in [3.63, 3.8) is 0 Å². The van der Waals surface area contributed by atoms with Crippen LogP contribution in [-0.4, -0.2) is 11.9 Å². The van der Waals surface area contributed by atoms with Crippen LogP contribution in [0.5, 0.6) is 0 Å². The largest absolute Gasteiger partial charge is 0.394 e. The van der Waals surface area contributed by atoms with Gasteiger partial charge in [0.15, 0.2) is 0 Å². The lowest BCUT2D eigenvalue weighted by Crippen LogP contribution is -2.03. The Morgan fingerprint density at radius 2 is 1.00 bits per heavy atom. The molecule has 1 saturated carbocycles. The molecule has 13 heavy (non-hydrogen) atoms. The van der Waals surface area contributed by atoms with Crippen LogP contribution >= 0.6 is 0 Å². The highest BCUT2D eigenvalue weighted by Crippen LogP contribution is 2.15. The van der Waals surface area contributed by atoms with Gasteiger partial charge in [0.2, 0.25) is 0 Å². The minimum absolute atomic E-state index is 0.562. The third kappa shape index (κ3) is 11.1. The van der Waals surface area contributed by atoms with Crippen molar-refractivity contribution in [1.82, 2.24) is 0 Å². The summed E-state index contributed by atoms with van der Waals surface area (Å²) in [5.74, 6) is -1.12. The van der Waals surface area contributed by atoms with E-state index in [0.29, 0.717) is 0 Å². The van der Waals surface area contributed by atoms with Crippen molar-refractivity contribution in [2.75, 3.05) is 0 Å². The average Bonchev–Trinajstić information content (AvgIpc) is 2.06. The van der Waals surface area contributed by atoms with Gasteiger partial charge < -0.3 is 4.74 Å². The summed E-state index contributed by atoms with van der Waals surface area (Å²) in [5, 5.41) is 0. The van der Waals surface area contributed by atoms with Crippen molar-refractivity contribution in [2.45, 2.75) is 52.4 Å². The van der Waals surface area contributed by atoms with Crippen LogP contribution in [0.2, 0.25) is 0 Å². The Balaban J connectivity index is 0.000000223. The highest BCUT2D eigenvalue weighted by Gasteiger charge is 1.95. The fraction of sp³-hybridized carbons (Fsp3) is 0.800. The first-order valence-corrected chi connectivity index (χ1v) is 4.82. The van der Waals surface area contributed by atoms with Crippen LogP contribution in [0.4, 0.5) is 0 Å². The molecular weight excluding hydrogens is 168 g/mol. The average molecular weight is 186 g/mol.